The molecule has 1 amide bonds. The third-order valence-electron chi connectivity index (χ3n) is 3.51. The van der Waals surface area contributed by atoms with E-state index in [1.54, 1.807) is 18.3 Å². The van der Waals surface area contributed by atoms with E-state index in [2.05, 4.69) is 16.6 Å². The van der Waals surface area contributed by atoms with E-state index >= 15 is 0 Å². The number of hydrogen-bond donors (Lipinski definition) is 1. The number of carbonyl (C=O) groups excluding carboxylic acids is 1. The lowest BCUT2D eigenvalue weighted by atomic mass is 10.0. The molecule has 2 rings (SSSR count). The zero-order chi connectivity index (χ0) is 17.5. The SMILES string of the molecule is CCOc1ccc(/C=N\NC(=O)Cc2ccc(C)cc2C)cc1Cl. The van der Waals surface area contributed by atoms with Crippen molar-refractivity contribution >= 4 is 23.7 Å². The van der Waals surface area contributed by atoms with E-state index < -0.39 is 0 Å². The number of hydrazone groups is 1. The summed E-state index contributed by atoms with van der Waals surface area (Å²) in [5, 5.41) is 4.49. The Bertz CT molecular complexity index is 757. The first kappa shape index (κ1) is 18.0. The quantitative estimate of drug-likeness (QED) is 0.635. The summed E-state index contributed by atoms with van der Waals surface area (Å²) in [4.78, 5) is 12.0. The first-order chi connectivity index (χ1) is 11.5. The Kier molecular flexibility index (Phi) is 6.38. The van der Waals surface area contributed by atoms with Crippen LogP contribution in [0.1, 0.15) is 29.2 Å². The molecule has 0 aliphatic rings. The summed E-state index contributed by atoms with van der Waals surface area (Å²) < 4.78 is 5.37. The van der Waals surface area contributed by atoms with Gasteiger partial charge in [-0.3, -0.25) is 4.79 Å². The maximum absolute atomic E-state index is 12.0. The molecule has 0 saturated heterocycles. The molecule has 4 nitrogen and oxygen atoms in total. The van der Waals surface area contributed by atoms with Gasteiger partial charge in [-0.25, -0.2) is 5.43 Å². The average molecular weight is 345 g/mol. The first-order valence-corrected chi connectivity index (χ1v) is 8.17. The highest BCUT2D eigenvalue weighted by molar-refractivity contribution is 6.32. The van der Waals surface area contributed by atoms with E-state index in [1.807, 2.05) is 39.0 Å². The predicted molar refractivity (Wildman–Crippen MR) is 98.0 cm³/mol. The summed E-state index contributed by atoms with van der Waals surface area (Å²) in [5.74, 6) is 0.477. The summed E-state index contributed by atoms with van der Waals surface area (Å²) in [7, 11) is 0. The largest absolute Gasteiger partial charge is 0.492 e. The Labute approximate surface area is 147 Å². The molecule has 0 radical (unpaired) electrons. The number of amides is 1. The second kappa shape index (κ2) is 8.50. The highest BCUT2D eigenvalue weighted by atomic mass is 35.5. The monoisotopic (exact) mass is 344 g/mol. The maximum Gasteiger partial charge on any atom is 0.244 e. The number of carbonyl (C=O) groups is 1. The molecular formula is C19H21ClN2O2. The van der Waals surface area contributed by atoms with Crippen LogP contribution in [0.4, 0.5) is 0 Å². The van der Waals surface area contributed by atoms with Gasteiger partial charge in [-0.05, 0) is 55.7 Å². The van der Waals surface area contributed by atoms with Gasteiger partial charge in [0.25, 0.3) is 0 Å². The van der Waals surface area contributed by atoms with E-state index in [4.69, 9.17) is 16.3 Å². The topological polar surface area (TPSA) is 50.7 Å². The molecule has 0 saturated carbocycles. The minimum atomic E-state index is -0.157. The summed E-state index contributed by atoms with van der Waals surface area (Å²) in [6, 6.07) is 11.4. The van der Waals surface area contributed by atoms with Crippen molar-refractivity contribution in [3.63, 3.8) is 0 Å². The van der Waals surface area contributed by atoms with E-state index in [-0.39, 0.29) is 5.91 Å². The molecule has 126 valence electrons. The van der Waals surface area contributed by atoms with Gasteiger partial charge in [0, 0.05) is 0 Å². The number of rotatable bonds is 6. The molecule has 0 aromatic heterocycles. The van der Waals surface area contributed by atoms with Crippen LogP contribution >= 0.6 is 11.6 Å². The van der Waals surface area contributed by atoms with E-state index in [0.29, 0.717) is 23.8 Å². The number of hydrogen-bond acceptors (Lipinski definition) is 3. The highest BCUT2D eigenvalue weighted by Gasteiger charge is 2.05. The van der Waals surface area contributed by atoms with Crippen molar-refractivity contribution in [3.05, 3.63) is 63.7 Å². The zero-order valence-electron chi connectivity index (χ0n) is 14.1. The van der Waals surface area contributed by atoms with Gasteiger partial charge in [0.05, 0.1) is 24.3 Å². The van der Waals surface area contributed by atoms with Gasteiger partial charge in [-0.1, -0.05) is 35.4 Å². The third kappa shape index (κ3) is 5.10. The molecule has 24 heavy (non-hydrogen) atoms. The fourth-order valence-corrected chi connectivity index (χ4v) is 2.55. The molecule has 0 aliphatic heterocycles. The number of nitrogens with one attached hydrogen (secondary N) is 1. The minimum absolute atomic E-state index is 0.157. The van der Waals surface area contributed by atoms with Crippen LogP contribution in [0.5, 0.6) is 5.75 Å². The molecule has 0 unspecified atom stereocenters. The minimum Gasteiger partial charge on any atom is -0.492 e. The number of halogens is 1. The molecule has 0 fully saturated rings. The molecule has 0 spiro atoms. The molecule has 0 atom stereocenters. The van der Waals surface area contributed by atoms with Gasteiger partial charge >= 0.3 is 0 Å². The third-order valence-corrected chi connectivity index (χ3v) is 3.80. The summed E-state index contributed by atoms with van der Waals surface area (Å²) in [6.45, 7) is 6.49. The molecular weight excluding hydrogens is 324 g/mol. The molecule has 2 aromatic carbocycles. The van der Waals surface area contributed by atoms with Gasteiger partial charge < -0.3 is 4.74 Å². The Morgan fingerprint density at radius 2 is 2.04 bits per heavy atom. The van der Waals surface area contributed by atoms with E-state index in [9.17, 15) is 4.79 Å². The molecule has 0 bridgehead atoms. The van der Waals surface area contributed by atoms with Gasteiger partial charge in [-0.2, -0.15) is 5.10 Å². The number of ether oxygens (including phenoxy) is 1. The van der Waals surface area contributed by atoms with Crippen molar-refractivity contribution in [3.8, 4) is 5.75 Å². The van der Waals surface area contributed by atoms with Gasteiger partial charge in [-0.15, -0.1) is 0 Å². The second-order valence-corrected chi connectivity index (χ2v) is 5.93. The molecule has 5 heteroatoms. The Balaban J connectivity index is 1.93. The second-order valence-electron chi connectivity index (χ2n) is 5.52. The summed E-state index contributed by atoms with van der Waals surface area (Å²) in [5.41, 5.74) is 6.61. The van der Waals surface area contributed by atoms with Crippen LogP contribution in [0.2, 0.25) is 5.02 Å². The lowest BCUT2D eigenvalue weighted by molar-refractivity contribution is -0.120. The molecule has 0 aliphatic carbocycles. The van der Waals surface area contributed by atoms with E-state index in [1.165, 1.54) is 5.56 Å². The lowest BCUT2D eigenvalue weighted by Crippen LogP contribution is -2.20. The number of aryl methyl sites for hydroxylation is 2. The van der Waals surface area contributed by atoms with Crippen LogP contribution in [-0.2, 0) is 11.2 Å². The van der Waals surface area contributed by atoms with Crippen LogP contribution in [0.15, 0.2) is 41.5 Å². The van der Waals surface area contributed by atoms with E-state index in [0.717, 1.165) is 16.7 Å². The summed E-state index contributed by atoms with van der Waals surface area (Å²) >= 11 is 6.11. The number of nitrogens with zero attached hydrogens (tertiary/aromatic N) is 1. The van der Waals surface area contributed by atoms with Crippen molar-refractivity contribution < 1.29 is 9.53 Å². The van der Waals surface area contributed by atoms with Crippen LogP contribution in [0.25, 0.3) is 0 Å². The fraction of sp³-hybridized carbons (Fsp3) is 0.263. The molecule has 2 aromatic rings. The van der Waals surface area contributed by atoms with Gasteiger partial charge in [0.15, 0.2) is 0 Å². The Morgan fingerprint density at radius 3 is 2.71 bits per heavy atom. The Morgan fingerprint density at radius 1 is 1.25 bits per heavy atom. The average Bonchev–Trinajstić information content (AvgIpc) is 2.53. The van der Waals surface area contributed by atoms with Crippen LogP contribution in [0, 0.1) is 13.8 Å². The fourth-order valence-electron chi connectivity index (χ4n) is 2.31. The lowest BCUT2D eigenvalue weighted by Gasteiger charge is -2.06. The summed E-state index contributed by atoms with van der Waals surface area (Å²) in [6.07, 6.45) is 1.86. The van der Waals surface area contributed by atoms with Crippen molar-refractivity contribution in [1.29, 1.82) is 0 Å². The number of benzene rings is 2. The smallest absolute Gasteiger partial charge is 0.244 e. The van der Waals surface area contributed by atoms with Crippen LogP contribution < -0.4 is 10.2 Å². The molecule has 0 heterocycles. The maximum atomic E-state index is 12.0. The Hall–Kier alpha value is -2.33. The molecule has 1 N–H and O–H groups in total. The van der Waals surface area contributed by atoms with Gasteiger partial charge in [0.2, 0.25) is 5.91 Å². The predicted octanol–water partition coefficient (Wildman–Crippen LogP) is 4.05. The van der Waals surface area contributed by atoms with Crippen LogP contribution in [-0.4, -0.2) is 18.7 Å². The van der Waals surface area contributed by atoms with Crippen LogP contribution in [0.3, 0.4) is 0 Å². The van der Waals surface area contributed by atoms with Crippen molar-refractivity contribution in [2.45, 2.75) is 27.2 Å². The zero-order valence-corrected chi connectivity index (χ0v) is 14.9. The van der Waals surface area contributed by atoms with Gasteiger partial charge in [0.1, 0.15) is 5.75 Å². The van der Waals surface area contributed by atoms with Crippen molar-refractivity contribution in [2.24, 2.45) is 5.10 Å². The normalized spacial score (nSPS) is 10.8. The van der Waals surface area contributed by atoms with Crippen molar-refractivity contribution in [2.75, 3.05) is 6.61 Å². The standard InChI is InChI=1S/C19H21ClN2O2/c1-4-24-18-8-6-15(10-17(18)20)12-21-22-19(23)11-16-7-5-13(2)9-14(16)3/h5-10,12H,4,11H2,1-3H3,(H,22,23)/b21-12-. The first-order valence-electron chi connectivity index (χ1n) is 7.80. The highest BCUT2D eigenvalue weighted by Crippen LogP contribution is 2.24. The van der Waals surface area contributed by atoms with Crippen molar-refractivity contribution in [1.82, 2.24) is 5.43 Å².